The molecule has 4 rings (SSSR count). The molecule has 3 nitrogen and oxygen atoms in total. The molecule has 1 saturated heterocycles. The number of carbonyl (C=O) groups is 2. The lowest BCUT2D eigenvalue weighted by Gasteiger charge is -2.20. The number of benzene rings is 1. The highest BCUT2D eigenvalue weighted by Crippen LogP contribution is 2.57. The predicted octanol–water partition coefficient (Wildman–Crippen LogP) is 3.25. The Bertz CT molecular complexity index is 720. The summed E-state index contributed by atoms with van der Waals surface area (Å²) in [7, 11) is 0. The molecule has 1 saturated carbocycles. The fourth-order valence-corrected chi connectivity index (χ4v) is 4.48. The Hall–Kier alpha value is -2.16. The number of hydrogen-bond acceptors (Lipinski definition) is 2. The van der Waals surface area contributed by atoms with Gasteiger partial charge in [-0.3, -0.25) is 9.59 Å². The molecule has 0 unspecified atom stereocenters. The normalized spacial score (nSPS) is 32.1. The van der Waals surface area contributed by atoms with Crippen LogP contribution in [0.3, 0.4) is 0 Å². The zero-order valence-corrected chi connectivity index (χ0v) is 13.0. The van der Waals surface area contributed by atoms with Gasteiger partial charge in [-0.05, 0) is 32.4 Å². The lowest BCUT2D eigenvalue weighted by molar-refractivity contribution is -0.122. The molecule has 1 aromatic carbocycles. The maximum absolute atomic E-state index is 13.0. The summed E-state index contributed by atoms with van der Waals surface area (Å²) in [6.07, 6.45) is 4.25. The molecule has 0 aromatic heterocycles. The summed E-state index contributed by atoms with van der Waals surface area (Å²) >= 11 is 0. The van der Waals surface area contributed by atoms with E-state index in [1.807, 2.05) is 31.2 Å². The van der Waals surface area contributed by atoms with E-state index in [1.54, 1.807) is 0 Å². The summed E-state index contributed by atoms with van der Waals surface area (Å²) in [4.78, 5) is 27.3. The Labute approximate surface area is 130 Å². The molecule has 2 fully saturated rings. The van der Waals surface area contributed by atoms with Crippen LogP contribution in [0.2, 0.25) is 0 Å². The number of rotatable bonds is 1. The number of allylic oxidation sites excluding steroid dienone is 4. The average Bonchev–Trinajstić information content (AvgIpc) is 3.11. The van der Waals surface area contributed by atoms with Crippen molar-refractivity contribution in [3.05, 3.63) is 53.1 Å². The van der Waals surface area contributed by atoms with Crippen molar-refractivity contribution in [1.82, 2.24) is 0 Å². The third-order valence-corrected chi connectivity index (χ3v) is 5.35. The van der Waals surface area contributed by atoms with Gasteiger partial charge < -0.3 is 0 Å². The van der Waals surface area contributed by atoms with Crippen molar-refractivity contribution in [2.24, 2.45) is 23.7 Å². The first-order valence-electron chi connectivity index (χ1n) is 7.81. The first-order chi connectivity index (χ1) is 10.5. The van der Waals surface area contributed by atoms with Crippen molar-refractivity contribution >= 4 is 17.5 Å². The molecular formula is C19H19NO2. The van der Waals surface area contributed by atoms with E-state index in [0.29, 0.717) is 0 Å². The van der Waals surface area contributed by atoms with Gasteiger partial charge in [0.2, 0.25) is 11.8 Å². The molecule has 112 valence electrons. The number of carbonyl (C=O) groups excluding carboxylic acids is 2. The Morgan fingerprint density at radius 2 is 1.50 bits per heavy atom. The van der Waals surface area contributed by atoms with Gasteiger partial charge in [-0.2, -0.15) is 0 Å². The fourth-order valence-electron chi connectivity index (χ4n) is 4.48. The van der Waals surface area contributed by atoms with Crippen LogP contribution in [-0.4, -0.2) is 11.8 Å². The second-order valence-corrected chi connectivity index (χ2v) is 6.74. The molecule has 2 aliphatic carbocycles. The summed E-state index contributed by atoms with van der Waals surface area (Å²) < 4.78 is 0. The molecule has 3 heteroatoms. The van der Waals surface area contributed by atoms with E-state index in [0.717, 1.165) is 11.3 Å². The zero-order valence-electron chi connectivity index (χ0n) is 13.0. The summed E-state index contributed by atoms with van der Waals surface area (Å²) in [5.41, 5.74) is 4.25. The van der Waals surface area contributed by atoms with Crippen molar-refractivity contribution in [3.63, 3.8) is 0 Å². The number of para-hydroxylation sites is 1. The van der Waals surface area contributed by atoms with Crippen molar-refractivity contribution < 1.29 is 9.59 Å². The quantitative estimate of drug-likeness (QED) is 0.589. The second kappa shape index (κ2) is 4.42. The third kappa shape index (κ3) is 1.51. The molecule has 3 aliphatic rings. The first kappa shape index (κ1) is 13.5. The summed E-state index contributed by atoms with van der Waals surface area (Å²) in [5.74, 6) is -0.227. The van der Waals surface area contributed by atoms with E-state index in [1.165, 1.54) is 16.0 Å². The maximum Gasteiger partial charge on any atom is 0.238 e. The maximum atomic E-state index is 13.0. The molecule has 2 amide bonds. The SMILES string of the molecule is CC(C)=C1[C@H]2C=C[C@H]1[C@@H]1C(=O)N(c3ccccc3C)C(=O)[C@H]12. The highest BCUT2D eigenvalue weighted by molar-refractivity contribution is 6.23. The summed E-state index contributed by atoms with van der Waals surface area (Å²) in [6.45, 7) is 6.10. The lowest BCUT2D eigenvalue weighted by Crippen LogP contribution is -2.33. The number of imide groups is 1. The standard InChI is InChI=1S/C19H19NO2/c1-10(2)15-12-8-9-13(15)17-16(12)18(21)20(19(17)22)14-7-5-4-6-11(14)3/h4-9,12-13,16-17H,1-3H3/t12-,13-,16+,17+/m1/s1. The minimum absolute atomic E-state index is 0.0279. The highest BCUT2D eigenvalue weighted by atomic mass is 16.2. The Morgan fingerprint density at radius 3 is 2.00 bits per heavy atom. The van der Waals surface area contributed by atoms with Crippen LogP contribution in [0.1, 0.15) is 19.4 Å². The van der Waals surface area contributed by atoms with Crippen LogP contribution in [0.15, 0.2) is 47.6 Å². The largest absolute Gasteiger partial charge is 0.274 e. The van der Waals surface area contributed by atoms with Gasteiger partial charge in [0.25, 0.3) is 0 Å². The summed E-state index contributed by atoms with van der Waals surface area (Å²) in [5, 5.41) is 0. The third-order valence-electron chi connectivity index (χ3n) is 5.35. The van der Waals surface area contributed by atoms with Crippen LogP contribution in [0.4, 0.5) is 5.69 Å². The van der Waals surface area contributed by atoms with Crippen LogP contribution >= 0.6 is 0 Å². The van der Waals surface area contributed by atoms with E-state index >= 15 is 0 Å². The zero-order chi connectivity index (χ0) is 15.6. The van der Waals surface area contributed by atoms with E-state index in [-0.39, 0.29) is 35.5 Å². The van der Waals surface area contributed by atoms with Crippen LogP contribution in [0.25, 0.3) is 0 Å². The smallest absolute Gasteiger partial charge is 0.238 e. The molecule has 22 heavy (non-hydrogen) atoms. The minimum Gasteiger partial charge on any atom is -0.274 e. The van der Waals surface area contributed by atoms with Gasteiger partial charge >= 0.3 is 0 Å². The number of nitrogens with zero attached hydrogens (tertiary/aromatic N) is 1. The van der Waals surface area contributed by atoms with Crippen LogP contribution in [0.5, 0.6) is 0 Å². The predicted molar refractivity (Wildman–Crippen MR) is 85.1 cm³/mol. The molecule has 0 radical (unpaired) electrons. The average molecular weight is 293 g/mol. The Balaban J connectivity index is 1.80. The Kier molecular flexibility index (Phi) is 2.71. The topological polar surface area (TPSA) is 37.4 Å². The molecular weight excluding hydrogens is 274 g/mol. The number of aryl methyl sites for hydroxylation is 1. The van der Waals surface area contributed by atoms with E-state index < -0.39 is 0 Å². The molecule has 1 aromatic rings. The van der Waals surface area contributed by atoms with Crippen molar-refractivity contribution in [2.75, 3.05) is 4.90 Å². The van der Waals surface area contributed by atoms with Gasteiger partial charge in [-0.1, -0.05) is 41.5 Å². The van der Waals surface area contributed by atoms with Gasteiger partial charge in [-0.15, -0.1) is 0 Å². The van der Waals surface area contributed by atoms with Gasteiger partial charge in [0.05, 0.1) is 17.5 Å². The minimum atomic E-state index is -0.202. The van der Waals surface area contributed by atoms with Gasteiger partial charge in [0.1, 0.15) is 0 Å². The molecule has 0 spiro atoms. The van der Waals surface area contributed by atoms with Gasteiger partial charge in [0.15, 0.2) is 0 Å². The monoisotopic (exact) mass is 293 g/mol. The lowest BCUT2D eigenvalue weighted by atomic mass is 9.85. The number of fused-ring (bicyclic) bond motifs is 5. The van der Waals surface area contributed by atoms with Crippen molar-refractivity contribution in [2.45, 2.75) is 20.8 Å². The molecule has 1 aliphatic heterocycles. The highest BCUT2D eigenvalue weighted by Gasteiger charge is 2.61. The van der Waals surface area contributed by atoms with Crippen LogP contribution in [-0.2, 0) is 9.59 Å². The number of anilines is 1. The second-order valence-electron chi connectivity index (χ2n) is 6.74. The van der Waals surface area contributed by atoms with E-state index in [9.17, 15) is 9.59 Å². The first-order valence-corrected chi connectivity index (χ1v) is 7.81. The van der Waals surface area contributed by atoms with Crippen molar-refractivity contribution in [1.29, 1.82) is 0 Å². The van der Waals surface area contributed by atoms with E-state index in [2.05, 4.69) is 26.0 Å². The fraction of sp³-hybridized carbons (Fsp3) is 0.368. The van der Waals surface area contributed by atoms with Crippen LogP contribution < -0.4 is 4.90 Å². The van der Waals surface area contributed by atoms with E-state index in [4.69, 9.17) is 0 Å². The van der Waals surface area contributed by atoms with Crippen molar-refractivity contribution in [3.8, 4) is 0 Å². The molecule has 1 heterocycles. The number of hydrogen-bond donors (Lipinski definition) is 0. The molecule has 4 atom stereocenters. The molecule has 0 N–H and O–H groups in total. The van der Waals surface area contributed by atoms with Gasteiger partial charge in [-0.25, -0.2) is 4.90 Å². The Morgan fingerprint density at radius 1 is 0.955 bits per heavy atom. The number of amides is 2. The summed E-state index contributed by atoms with van der Waals surface area (Å²) in [6, 6.07) is 7.62. The van der Waals surface area contributed by atoms with Gasteiger partial charge in [0, 0.05) is 11.8 Å². The van der Waals surface area contributed by atoms with Crippen LogP contribution in [0, 0.1) is 30.6 Å². The molecule has 2 bridgehead atoms.